The van der Waals surface area contributed by atoms with E-state index in [4.69, 9.17) is 9.84 Å². The summed E-state index contributed by atoms with van der Waals surface area (Å²) in [5.41, 5.74) is -1.82. The Morgan fingerprint density at radius 3 is 2.20 bits per heavy atom. The Labute approximate surface area is 143 Å². The molecule has 0 aliphatic carbocycles. The van der Waals surface area contributed by atoms with Crippen molar-refractivity contribution >= 4 is 35.3 Å². The minimum atomic E-state index is -1.43. The van der Waals surface area contributed by atoms with Crippen LogP contribution in [0.5, 0.6) is 5.75 Å². The first-order valence-corrected chi connectivity index (χ1v) is 7.46. The summed E-state index contributed by atoms with van der Waals surface area (Å²) >= 11 is 0. The zero-order chi connectivity index (χ0) is 18.9. The number of nitrogens with zero attached hydrogens (tertiary/aromatic N) is 1. The summed E-state index contributed by atoms with van der Waals surface area (Å²) in [4.78, 5) is 47.9. The maximum atomic E-state index is 12.0. The lowest BCUT2D eigenvalue weighted by molar-refractivity contribution is -0.121. The number of carbonyl (C=O) groups is 4. The van der Waals surface area contributed by atoms with Crippen LogP contribution < -0.4 is 10.2 Å². The van der Waals surface area contributed by atoms with E-state index in [1.54, 1.807) is 20.8 Å². The first-order valence-electron chi connectivity index (χ1n) is 7.46. The van der Waals surface area contributed by atoms with E-state index in [9.17, 15) is 24.3 Å². The number of hydrogen-bond donors (Lipinski definition) is 3. The number of aromatic hydroxyl groups is 1. The van der Waals surface area contributed by atoms with Crippen molar-refractivity contribution in [2.75, 3.05) is 10.2 Å². The van der Waals surface area contributed by atoms with Crippen LogP contribution in [0.1, 0.15) is 44.0 Å². The molecule has 2 rings (SSSR count). The number of carboxylic acids is 1. The van der Waals surface area contributed by atoms with Crippen LogP contribution in [-0.4, -0.2) is 39.7 Å². The number of phenols is 1. The van der Waals surface area contributed by atoms with Gasteiger partial charge in [-0.3, -0.25) is 14.9 Å². The maximum absolute atomic E-state index is 12.0. The van der Waals surface area contributed by atoms with E-state index in [2.05, 4.69) is 5.32 Å². The van der Waals surface area contributed by atoms with Gasteiger partial charge in [0.1, 0.15) is 16.9 Å². The Bertz CT molecular complexity index is 748. The van der Waals surface area contributed by atoms with E-state index in [0.29, 0.717) is 0 Å². The molecule has 0 unspecified atom stereocenters. The lowest BCUT2D eigenvalue weighted by atomic mass is 10.1. The fraction of sp³-hybridized carbons (Fsp3) is 0.375. The van der Waals surface area contributed by atoms with Crippen molar-refractivity contribution in [1.29, 1.82) is 0 Å². The number of carboxylic acid groups (broad SMARTS) is 1. The maximum Gasteiger partial charge on any atom is 0.412 e. The second-order valence-corrected chi connectivity index (χ2v) is 6.41. The summed E-state index contributed by atoms with van der Waals surface area (Å²) in [7, 11) is 0. The minimum absolute atomic E-state index is 0.00778. The Morgan fingerprint density at radius 2 is 1.72 bits per heavy atom. The standard InChI is InChI=1S/C16H18N2O7/c1-16(2,3)25-15(24)17-12-9(18-10(19)6-7-11(18)20)5-4-8(13(12)21)14(22)23/h4-5,21H,6-7H2,1-3H3,(H,17,24)(H,22,23). The van der Waals surface area contributed by atoms with Gasteiger partial charge in [-0.2, -0.15) is 0 Å². The van der Waals surface area contributed by atoms with E-state index < -0.39 is 40.8 Å². The minimum Gasteiger partial charge on any atom is -0.505 e. The summed E-state index contributed by atoms with van der Waals surface area (Å²) in [5.74, 6) is -3.24. The van der Waals surface area contributed by atoms with Crippen molar-refractivity contribution in [1.82, 2.24) is 0 Å². The number of hydrogen-bond acceptors (Lipinski definition) is 6. The third-order valence-corrected chi connectivity index (χ3v) is 3.30. The monoisotopic (exact) mass is 350 g/mol. The second kappa shape index (κ2) is 6.42. The normalized spacial score (nSPS) is 14.6. The van der Waals surface area contributed by atoms with Gasteiger partial charge in [-0.05, 0) is 32.9 Å². The van der Waals surface area contributed by atoms with Gasteiger partial charge < -0.3 is 14.9 Å². The number of ether oxygens (including phenoxy) is 1. The molecular weight excluding hydrogens is 332 g/mol. The zero-order valence-corrected chi connectivity index (χ0v) is 14.0. The number of rotatable bonds is 3. The number of benzene rings is 1. The van der Waals surface area contributed by atoms with Gasteiger partial charge in [-0.15, -0.1) is 0 Å². The highest BCUT2D eigenvalue weighted by molar-refractivity contribution is 6.22. The van der Waals surface area contributed by atoms with Crippen molar-refractivity contribution in [2.24, 2.45) is 0 Å². The molecule has 1 aliphatic heterocycles. The number of imide groups is 1. The fourth-order valence-corrected chi connectivity index (χ4v) is 2.31. The van der Waals surface area contributed by atoms with Crippen LogP contribution >= 0.6 is 0 Å². The smallest absolute Gasteiger partial charge is 0.412 e. The van der Waals surface area contributed by atoms with E-state index in [1.165, 1.54) is 6.07 Å². The van der Waals surface area contributed by atoms with Crippen LogP contribution in [0.2, 0.25) is 0 Å². The first-order chi connectivity index (χ1) is 11.5. The number of aromatic carboxylic acids is 1. The molecule has 1 aliphatic rings. The Kier molecular flexibility index (Phi) is 4.69. The fourth-order valence-electron chi connectivity index (χ4n) is 2.31. The molecule has 1 aromatic rings. The quantitative estimate of drug-likeness (QED) is 0.561. The van der Waals surface area contributed by atoms with Gasteiger partial charge in [-0.1, -0.05) is 0 Å². The largest absolute Gasteiger partial charge is 0.505 e. The number of carbonyl (C=O) groups excluding carboxylic acids is 3. The van der Waals surface area contributed by atoms with Gasteiger partial charge in [0.25, 0.3) is 0 Å². The predicted octanol–water partition coefficient (Wildman–Crippen LogP) is 2.09. The number of nitrogens with one attached hydrogen (secondary N) is 1. The van der Waals surface area contributed by atoms with Crippen LogP contribution in [-0.2, 0) is 14.3 Å². The molecule has 3 amide bonds. The third kappa shape index (κ3) is 3.87. The molecule has 0 atom stereocenters. The molecule has 1 saturated heterocycles. The average molecular weight is 350 g/mol. The van der Waals surface area contributed by atoms with Crippen LogP contribution in [0.15, 0.2) is 12.1 Å². The van der Waals surface area contributed by atoms with Crippen LogP contribution in [0.25, 0.3) is 0 Å². The zero-order valence-electron chi connectivity index (χ0n) is 14.0. The van der Waals surface area contributed by atoms with Crippen LogP contribution in [0.4, 0.5) is 16.2 Å². The van der Waals surface area contributed by atoms with E-state index in [1.807, 2.05) is 0 Å². The van der Waals surface area contributed by atoms with Crippen molar-refractivity contribution in [3.8, 4) is 5.75 Å². The molecule has 0 aromatic heterocycles. The van der Waals surface area contributed by atoms with Crippen molar-refractivity contribution in [3.63, 3.8) is 0 Å². The van der Waals surface area contributed by atoms with E-state index in [0.717, 1.165) is 11.0 Å². The van der Waals surface area contributed by atoms with Crippen LogP contribution in [0.3, 0.4) is 0 Å². The third-order valence-electron chi connectivity index (χ3n) is 3.30. The lowest BCUT2D eigenvalue weighted by Crippen LogP contribution is -2.31. The summed E-state index contributed by atoms with van der Waals surface area (Å²) in [6, 6.07) is 2.23. The van der Waals surface area contributed by atoms with E-state index in [-0.39, 0.29) is 24.2 Å². The SMILES string of the molecule is CC(C)(C)OC(=O)Nc1c(N2C(=O)CCC2=O)ccc(C(=O)O)c1O. The summed E-state index contributed by atoms with van der Waals surface area (Å²) < 4.78 is 5.07. The average Bonchev–Trinajstić information content (AvgIpc) is 2.78. The van der Waals surface area contributed by atoms with Crippen molar-refractivity contribution in [3.05, 3.63) is 17.7 Å². The summed E-state index contributed by atoms with van der Waals surface area (Å²) in [5, 5.41) is 21.6. The molecule has 3 N–H and O–H groups in total. The molecule has 134 valence electrons. The molecule has 1 aromatic carbocycles. The highest BCUT2D eigenvalue weighted by atomic mass is 16.6. The number of anilines is 2. The summed E-state index contributed by atoms with van der Waals surface area (Å²) in [6.07, 6.45) is -0.983. The van der Waals surface area contributed by atoms with Gasteiger partial charge in [0, 0.05) is 12.8 Å². The molecule has 1 fully saturated rings. The van der Waals surface area contributed by atoms with Gasteiger partial charge in [0.15, 0.2) is 5.75 Å². The highest BCUT2D eigenvalue weighted by Crippen LogP contribution is 2.39. The molecule has 9 heteroatoms. The number of amides is 3. The Balaban J connectivity index is 2.51. The molecule has 9 nitrogen and oxygen atoms in total. The molecular formula is C16H18N2O7. The van der Waals surface area contributed by atoms with Crippen molar-refractivity contribution < 1.29 is 34.1 Å². The van der Waals surface area contributed by atoms with Gasteiger partial charge in [0.2, 0.25) is 11.8 Å². The Hall–Kier alpha value is -3.10. The van der Waals surface area contributed by atoms with Crippen LogP contribution in [0, 0.1) is 0 Å². The highest BCUT2D eigenvalue weighted by Gasteiger charge is 2.34. The molecule has 0 spiro atoms. The first kappa shape index (κ1) is 18.2. The molecule has 0 radical (unpaired) electrons. The lowest BCUT2D eigenvalue weighted by Gasteiger charge is -2.23. The molecule has 0 saturated carbocycles. The molecule has 0 bridgehead atoms. The van der Waals surface area contributed by atoms with Gasteiger partial charge in [-0.25, -0.2) is 14.5 Å². The summed E-state index contributed by atoms with van der Waals surface area (Å²) in [6.45, 7) is 4.86. The van der Waals surface area contributed by atoms with Gasteiger partial charge in [0.05, 0.1) is 5.69 Å². The Morgan fingerprint density at radius 1 is 1.16 bits per heavy atom. The van der Waals surface area contributed by atoms with Gasteiger partial charge >= 0.3 is 12.1 Å². The molecule has 25 heavy (non-hydrogen) atoms. The van der Waals surface area contributed by atoms with Crippen molar-refractivity contribution in [2.45, 2.75) is 39.2 Å². The second-order valence-electron chi connectivity index (χ2n) is 6.41. The predicted molar refractivity (Wildman–Crippen MR) is 86.6 cm³/mol. The van der Waals surface area contributed by atoms with E-state index >= 15 is 0 Å². The molecule has 1 heterocycles. The topological polar surface area (TPSA) is 133 Å².